The van der Waals surface area contributed by atoms with Crippen LogP contribution in [0.2, 0.25) is 5.02 Å². The lowest BCUT2D eigenvalue weighted by Gasteiger charge is -2.05. The molecule has 5 heteroatoms. The number of pyridine rings is 1. The summed E-state index contributed by atoms with van der Waals surface area (Å²) in [6.45, 7) is 1.93. The van der Waals surface area contributed by atoms with Crippen molar-refractivity contribution in [3.63, 3.8) is 0 Å². The van der Waals surface area contributed by atoms with Gasteiger partial charge in [0.2, 0.25) is 5.88 Å². The van der Waals surface area contributed by atoms with E-state index in [1.807, 2.05) is 31.2 Å². The summed E-state index contributed by atoms with van der Waals surface area (Å²) in [5, 5.41) is 14.2. The van der Waals surface area contributed by atoms with E-state index in [2.05, 4.69) is 10.3 Å². The highest BCUT2D eigenvalue weighted by Gasteiger charge is 2.22. The van der Waals surface area contributed by atoms with Crippen LogP contribution in [-0.2, 0) is 0 Å². The van der Waals surface area contributed by atoms with Crippen LogP contribution in [-0.4, -0.2) is 17.1 Å². The molecule has 0 bridgehead atoms. The minimum absolute atomic E-state index is 0.0669. The zero-order valence-corrected chi connectivity index (χ0v) is 13.0. The standard InChI is InChI=1S/C17H15ClN2O2/c1-10-5-6-11(8-13(10)18)14-15(21)16(22-17(14)19-2)12-4-3-7-20-9-12/h3-9,19,21H,1-2H3. The van der Waals surface area contributed by atoms with E-state index in [0.717, 1.165) is 11.1 Å². The van der Waals surface area contributed by atoms with Gasteiger partial charge in [-0.1, -0.05) is 23.7 Å². The number of hydrogen-bond acceptors (Lipinski definition) is 4. The Hall–Kier alpha value is -2.46. The molecule has 0 amide bonds. The Kier molecular flexibility index (Phi) is 3.77. The van der Waals surface area contributed by atoms with Gasteiger partial charge in [0.25, 0.3) is 0 Å². The Balaban J connectivity index is 2.19. The molecule has 0 radical (unpaired) electrons. The Morgan fingerprint density at radius 1 is 1.23 bits per heavy atom. The average molecular weight is 315 g/mol. The Morgan fingerprint density at radius 2 is 2.05 bits per heavy atom. The molecule has 3 rings (SSSR count). The number of nitrogens with one attached hydrogen (secondary N) is 1. The Morgan fingerprint density at radius 3 is 2.68 bits per heavy atom. The van der Waals surface area contributed by atoms with Crippen LogP contribution in [0.1, 0.15) is 5.56 Å². The number of aromatic nitrogens is 1. The second-order valence-electron chi connectivity index (χ2n) is 4.94. The predicted octanol–water partition coefficient (Wildman–Crippen LogP) is 4.72. The highest BCUT2D eigenvalue weighted by Crippen LogP contribution is 2.46. The maximum atomic E-state index is 10.6. The van der Waals surface area contributed by atoms with Crippen molar-refractivity contribution >= 4 is 17.5 Å². The lowest BCUT2D eigenvalue weighted by Crippen LogP contribution is -1.88. The van der Waals surface area contributed by atoms with Gasteiger partial charge in [-0.15, -0.1) is 0 Å². The van der Waals surface area contributed by atoms with Crippen LogP contribution in [0.5, 0.6) is 5.75 Å². The lowest BCUT2D eigenvalue weighted by atomic mass is 10.0. The van der Waals surface area contributed by atoms with Crippen molar-refractivity contribution in [3.8, 4) is 28.2 Å². The van der Waals surface area contributed by atoms with E-state index in [4.69, 9.17) is 16.0 Å². The van der Waals surface area contributed by atoms with Crippen LogP contribution in [0.3, 0.4) is 0 Å². The first-order valence-electron chi connectivity index (χ1n) is 6.82. The largest absolute Gasteiger partial charge is 0.504 e. The minimum Gasteiger partial charge on any atom is -0.504 e. The van der Waals surface area contributed by atoms with Gasteiger partial charge in [0.05, 0.1) is 5.56 Å². The number of furan rings is 1. The van der Waals surface area contributed by atoms with E-state index in [1.54, 1.807) is 25.5 Å². The normalized spacial score (nSPS) is 10.7. The van der Waals surface area contributed by atoms with Crippen LogP contribution in [0.4, 0.5) is 5.88 Å². The average Bonchev–Trinajstić information content (AvgIpc) is 2.88. The van der Waals surface area contributed by atoms with Gasteiger partial charge in [-0.05, 0) is 36.2 Å². The van der Waals surface area contributed by atoms with Crippen molar-refractivity contribution in [1.82, 2.24) is 4.98 Å². The highest BCUT2D eigenvalue weighted by atomic mass is 35.5. The molecule has 2 N–H and O–H groups in total. The third kappa shape index (κ3) is 2.42. The summed E-state index contributed by atoms with van der Waals surface area (Å²) in [6.07, 6.45) is 3.31. The van der Waals surface area contributed by atoms with Gasteiger partial charge in [0, 0.05) is 30.0 Å². The van der Waals surface area contributed by atoms with Gasteiger partial charge in [0.1, 0.15) is 0 Å². The third-order valence-electron chi connectivity index (χ3n) is 3.49. The number of nitrogens with zero attached hydrogens (tertiary/aromatic N) is 1. The van der Waals surface area contributed by atoms with Crippen molar-refractivity contribution in [2.24, 2.45) is 0 Å². The molecule has 0 atom stereocenters. The van der Waals surface area contributed by atoms with Crippen molar-refractivity contribution in [2.75, 3.05) is 12.4 Å². The molecule has 0 saturated heterocycles. The summed E-state index contributed by atoms with van der Waals surface area (Å²) >= 11 is 6.19. The lowest BCUT2D eigenvalue weighted by molar-refractivity contribution is 0.466. The molecule has 0 aliphatic rings. The SMILES string of the molecule is CNc1oc(-c2cccnc2)c(O)c1-c1ccc(C)c(Cl)c1. The molecular weight excluding hydrogens is 300 g/mol. The van der Waals surface area contributed by atoms with Crippen molar-refractivity contribution in [2.45, 2.75) is 6.92 Å². The van der Waals surface area contributed by atoms with E-state index in [0.29, 0.717) is 27.8 Å². The van der Waals surface area contributed by atoms with Crippen molar-refractivity contribution in [1.29, 1.82) is 0 Å². The molecule has 0 spiro atoms. The van der Waals surface area contributed by atoms with Gasteiger partial charge in [-0.3, -0.25) is 4.98 Å². The second kappa shape index (κ2) is 5.73. The van der Waals surface area contributed by atoms with Crippen LogP contribution in [0.25, 0.3) is 22.5 Å². The zero-order chi connectivity index (χ0) is 15.7. The van der Waals surface area contributed by atoms with Gasteiger partial charge in [-0.2, -0.15) is 0 Å². The quantitative estimate of drug-likeness (QED) is 0.734. The molecule has 3 aromatic rings. The van der Waals surface area contributed by atoms with E-state index in [9.17, 15) is 5.11 Å². The molecule has 0 saturated carbocycles. The van der Waals surface area contributed by atoms with E-state index >= 15 is 0 Å². The van der Waals surface area contributed by atoms with Crippen LogP contribution in [0.15, 0.2) is 47.1 Å². The van der Waals surface area contributed by atoms with Gasteiger partial charge in [-0.25, -0.2) is 0 Å². The summed E-state index contributed by atoms with van der Waals surface area (Å²) in [7, 11) is 1.74. The fraction of sp³-hybridized carbons (Fsp3) is 0.118. The van der Waals surface area contributed by atoms with Crippen LogP contribution < -0.4 is 5.32 Å². The van der Waals surface area contributed by atoms with Crippen molar-refractivity contribution < 1.29 is 9.52 Å². The van der Waals surface area contributed by atoms with Gasteiger partial charge in [0.15, 0.2) is 11.5 Å². The summed E-state index contributed by atoms with van der Waals surface area (Å²) in [5.74, 6) is 0.928. The fourth-order valence-corrected chi connectivity index (χ4v) is 2.49. The molecule has 2 aromatic heterocycles. The number of benzene rings is 1. The smallest absolute Gasteiger partial charge is 0.205 e. The number of hydrogen-bond donors (Lipinski definition) is 2. The summed E-state index contributed by atoms with van der Waals surface area (Å²) < 4.78 is 5.76. The molecule has 2 heterocycles. The molecule has 4 nitrogen and oxygen atoms in total. The number of rotatable bonds is 3. The van der Waals surface area contributed by atoms with E-state index < -0.39 is 0 Å². The number of anilines is 1. The molecule has 0 aliphatic carbocycles. The maximum Gasteiger partial charge on any atom is 0.205 e. The first kappa shape index (κ1) is 14.5. The molecule has 1 aromatic carbocycles. The summed E-state index contributed by atoms with van der Waals surface area (Å²) in [5.41, 5.74) is 3.06. The first-order chi connectivity index (χ1) is 10.6. The van der Waals surface area contributed by atoms with Gasteiger partial charge >= 0.3 is 0 Å². The zero-order valence-electron chi connectivity index (χ0n) is 12.2. The molecule has 0 aliphatic heterocycles. The summed E-state index contributed by atoms with van der Waals surface area (Å²) in [6, 6.07) is 9.25. The molecule has 0 unspecified atom stereocenters. The number of halogens is 1. The third-order valence-corrected chi connectivity index (χ3v) is 3.90. The second-order valence-corrected chi connectivity index (χ2v) is 5.35. The molecule has 112 valence electrons. The fourth-order valence-electron chi connectivity index (χ4n) is 2.31. The Bertz CT molecular complexity index is 813. The minimum atomic E-state index is 0.0669. The number of aryl methyl sites for hydroxylation is 1. The monoisotopic (exact) mass is 314 g/mol. The maximum absolute atomic E-state index is 10.6. The van der Waals surface area contributed by atoms with E-state index in [-0.39, 0.29) is 5.75 Å². The van der Waals surface area contributed by atoms with Gasteiger partial charge < -0.3 is 14.8 Å². The molecule has 22 heavy (non-hydrogen) atoms. The topological polar surface area (TPSA) is 58.3 Å². The Labute approximate surface area is 133 Å². The predicted molar refractivity (Wildman–Crippen MR) is 88.3 cm³/mol. The molecular formula is C17H15ClN2O2. The molecule has 0 fully saturated rings. The number of aromatic hydroxyl groups is 1. The van der Waals surface area contributed by atoms with E-state index in [1.165, 1.54) is 0 Å². The summed E-state index contributed by atoms with van der Waals surface area (Å²) in [4.78, 5) is 4.05. The van der Waals surface area contributed by atoms with Crippen LogP contribution in [0, 0.1) is 6.92 Å². The van der Waals surface area contributed by atoms with Crippen molar-refractivity contribution in [3.05, 3.63) is 53.3 Å². The van der Waals surface area contributed by atoms with Crippen LogP contribution >= 0.6 is 11.6 Å². The first-order valence-corrected chi connectivity index (χ1v) is 7.20. The highest BCUT2D eigenvalue weighted by molar-refractivity contribution is 6.31.